The number of aryl methyl sites for hydroxylation is 1. The fourth-order valence-electron chi connectivity index (χ4n) is 4.90. The number of nitrogens with one attached hydrogen (secondary N) is 1. The van der Waals surface area contributed by atoms with E-state index in [-0.39, 0.29) is 4.90 Å². The van der Waals surface area contributed by atoms with E-state index in [0.29, 0.717) is 33.8 Å². The minimum Gasteiger partial charge on any atom is -0.444 e. The molecule has 6 nitrogen and oxygen atoms in total. The summed E-state index contributed by atoms with van der Waals surface area (Å²) in [5.41, 5.74) is 2.93. The second kappa shape index (κ2) is 11.3. The van der Waals surface area contributed by atoms with Gasteiger partial charge >= 0.3 is 6.09 Å². The molecule has 1 aliphatic rings. The molecule has 0 aromatic heterocycles. The first kappa shape index (κ1) is 29.6. The molecule has 3 aromatic carbocycles. The lowest BCUT2D eigenvalue weighted by Crippen LogP contribution is -2.56. The van der Waals surface area contributed by atoms with E-state index >= 15 is 0 Å². The topological polar surface area (TPSA) is 75.7 Å². The van der Waals surface area contributed by atoms with Crippen molar-refractivity contribution in [1.82, 2.24) is 5.32 Å². The summed E-state index contributed by atoms with van der Waals surface area (Å²) in [6.07, 6.45) is 1.56. The van der Waals surface area contributed by atoms with Crippen LogP contribution in [0.2, 0.25) is 5.02 Å². The zero-order chi connectivity index (χ0) is 29.4. The van der Waals surface area contributed by atoms with Crippen molar-refractivity contribution in [2.45, 2.75) is 70.5 Å². The molecule has 0 fully saturated rings. The fraction of sp³-hybridized carbons (Fsp3) is 0.323. The maximum absolute atomic E-state index is 14.6. The van der Waals surface area contributed by atoms with Crippen LogP contribution in [0.1, 0.15) is 56.9 Å². The van der Waals surface area contributed by atoms with Gasteiger partial charge in [0.1, 0.15) is 11.4 Å². The summed E-state index contributed by atoms with van der Waals surface area (Å²) in [5.74, 6) is -0.437. The third-order valence-corrected chi connectivity index (χ3v) is 8.94. The Labute approximate surface area is 240 Å². The number of hydrogen-bond donors (Lipinski definition) is 1. The quantitative estimate of drug-likeness (QED) is 0.317. The van der Waals surface area contributed by atoms with Crippen molar-refractivity contribution in [2.75, 3.05) is 4.31 Å². The van der Waals surface area contributed by atoms with Gasteiger partial charge in [-0.15, -0.1) is 0 Å². The minimum absolute atomic E-state index is 0.151. The van der Waals surface area contributed by atoms with Gasteiger partial charge in [-0.1, -0.05) is 48.0 Å². The normalized spacial score (nSPS) is 17.8. The van der Waals surface area contributed by atoms with Crippen molar-refractivity contribution >= 4 is 45.1 Å². The molecule has 1 amide bonds. The SMILES string of the molecule is C/C(=C\c1ccc2c(c1)N(S(=O)(=O)c1cccc(C)c1)[C@H](C)[C@H](NC(=O)OC(C)(C)C)C2)c1c(F)cccc1Cl. The van der Waals surface area contributed by atoms with E-state index in [0.717, 1.165) is 11.1 Å². The summed E-state index contributed by atoms with van der Waals surface area (Å²) in [5, 5.41) is 3.17. The summed E-state index contributed by atoms with van der Waals surface area (Å²) < 4.78 is 49.6. The van der Waals surface area contributed by atoms with Crippen LogP contribution >= 0.6 is 11.6 Å². The van der Waals surface area contributed by atoms with Crippen LogP contribution in [0, 0.1) is 12.7 Å². The predicted octanol–water partition coefficient (Wildman–Crippen LogP) is 7.38. The number of amides is 1. The van der Waals surface area contributed by atoms with Crippen molar-refractivity contribution in [3.8, 4) is 0 Å². The number of halogens is 2. The zero-order valence-corrected chi connectivity index (χ0v) is 25.0. The van der Waals surface area contributed by atoms with Crippen LogP contribution in [-0.2, 0) is 21.2 Å². The van der Waals surface area contributed by atoms with Gasteiger partial charge < -0.3 is 10.1 Å². The molecule has 0 aliphatic carbocycles. The van der Waals surface area contributed by atoms with Gasteiger partial charge in [0.25, 0.3) is 10.0 Å². The van der Waals surface area contributed by atoms with Gasteiger partial charge in [0.15, 0.2) is 0 Å². The van der Waals surface area contributed by atoms with Gasteiger partial charge in [0.2, 0.25) is 0 Å². The van der Waals surface area contributed by atoms with Crippen LogP contribution in [0.15, 0.2) is 65.6 Å². The molecule has 9 heteroatoms. The van der Waals surface area contributed by atoms with Crippen LogP contribution in [-0.4, -0.2) is 32.2 Å². The highest BCUT2D eigenvalue weighted by Crippen LogP contribution is 2.38. The smallest absolute Gasteiger partial charge is 0.407 e. The molecule has 3 aromatic rings. The number of anilines is 1. The molecule has 0 radical (unpaired) electrons. The molecule has 0 bridgehead atoms. The highest BCUT2D eigenvalue weighted by Gasteiger charge is 2.40. The number of nitrogens with zero attached hydrogens (tertiary/aromatic N) is 1. The van der Waals surface area contributed by atoms with Crippen molar-refractivity contribution in [3.63, 3.8) is 0 Å². The van der Waals surface area contributed by atoms with Crippen LogP contribution in [0.4, 0.5) is 14.9 Å². The van der Waals surface area contributed by atoms with Crippen molar-refractivity contribution in [2.24, 2.45) is 0 Å². The third kappa shape index (κ3) is 6.34. The Hall–Kier alpha value is -3.36. The average molecular weight is 585 g/mol. The summed E-state index contributed by atoms with van der Waals surface area (Å²) in [6, 6.07) is 15.5. The van der Waals surface area contributed by atoms with Crippen LogP contribution in [0.3, 0.4) is 0 Å². The van der Waals surface area contributed by atoms with Crippen LogP contribution in [0.25, 0.3) is 11.6 Å². The van der Waals surface area contributed by atoms with E-state index in [1.807, 2.05) is 25.1 Å². The second-order valence-electron chi connectivity index (χ2n) is 11.1. The van der Waals surface area contributed by atoms with E-state index in [1.165, 1.54) is 10.4 Å². The van der Waals surface area contributed by atoms with E-state index in [4.69, 9.17) is 16.3 Å². The third-order valence-electron chi connectivity index (χ3n) is 6.73. The Morgan fingerprint density at radius 1 is 1.12 bits per heavy atom. The summed E-state index contributed by atoms with van der Waals surface area (Å²) in [6.45, 7) is 10.7. The van der Waals surface area contributed by atoms with E-state index in [9.17, 15) is 17.6 Å². The molecule has 0 unspecified atom stereocenters. The Balaban J connectivity index is 1.81. The van der Waals surface area contributed by atoms with Gasteiger partial charge in [-0.25, -0.2) is 17.6 Å². The number of ether oxygens (including phenoxy) is 1. The first-order chi connectivity index (χ1) is 18.7. The molecule has 1 N–H and O–H groups in total. The van der Waals surface area contributed by atoms with E-state index in [2.05, 4.69) is 5.32 Å². The average Bonchev–Trinajstić information content (AvgIpc) is 2.83. The van der Waals surface area contributed by atoms with Crippen LogP contribution in [0.5, 0.6) is 0 Å². The van der Waals surface area contributed by atoms with Gasteiger partial charge in [0, 0.05) is 5.56 Å². The summed E-state index contributed by atoms with van der Waals surface area (Å²) in [7, 11) is -4.02. The Morgan fingerprint density at radius 3 is 2.48 bits per heavy atom. The van der Waals surface area contributed by atoms with E-state index in [1.54, 1.807) is 77.1 Å². The van der Waals surface area contributed by atoms with Gasteiger partial charge in [-0.3, -0.25) is 4.31 Å². The number of sulfonamides is 1. The number of rotatable bonds is 5. The molecule has 1 aliphatic heterocycles. The van der Waals surface area contributed by atoms with Gasteiger partial charge in [0.05, 0.1) is 27.7 Å². The molecule has 4 rings (SSSR count). The molecule has 1 heterocycles. The number of carbonyl (C=O) groups is 1. The fourth-order valence-corrected chi connectivity index (χ4v) is 7.04. The second-order valence-corrected chi connectivity index (χ2v) is 13.3. The first-order valence-electron chi connectivity index (χ1n) is 13.0. The lowest BCUT2D eigenvalue weighted by Gasteiger charge is -2.41. The highest BCUT2D eigenvalue weighted by molar-refractivity contribution is 7.92. The van der Waals surface area contributed by atoms with Crippen LogP contribution < -0.4 is 9.62 Å². The number of fused-ring (bicyclic) bond motifs is 1. The zero-order valence-electron chi connectivity index (χ0n) is 23.5. The molecular weight excluding hydrogens is 551 g/mol. The number of alkyl carbamates (subject to hydrolysis) is 1. The maximum atomic E-state index is 14.6. The summed E-state index contributed by atoms with van der Waals surface area (Å²) >= 11 is 6.27. The number of carbonyl (C=O) groups excluding carboxylic acids is 1. The van der Waals surface area contributed by atoms with Crippen molar-refractivity contribution in [3.05, 3.63) is 93.8 Å². The predicted molar refractivity (Wildman–Crippen MR) is 159 cm³/mol. The summed E-state index contributed by atoms with van der Waals surface area (Å²) in [4.78, 5) is 12.8. The largest absolute Gasteiger partial charge is 0.444 e. The molecule has 212 valence electrons. The van der Waals surface area contributed by atoms with Crippen molar-refractivity contribution in [1.29, 1.82) is 0 Å². The van der Waals surface area contributed by atoms with Gasteiger partial charge in [-0.05, 0) is 101 Å². The lowest BCUT2D eigenvalue weighted by atomic mass is 9.92. The number of hydrogen-bond acceptors (Lipinski definition) is 4. The standard InChI is InChI=1S/C31H34ClFN2O4S/c1-19-9-7-10-24(15-19)40(37,38)35-21(3)27(34-30(36)39-31(4,5)6)18-23-14-13-22(17-28(23)35)16-20(2)29-25(32)11-8-12-26(29)33/h7-17,21,27H,18H2,1-6H3,(H,34,36)/b20-16+/t21-,27-/m1/s1. The molecule has 40 heavy (non-hydrogen) atoms. The van der Waals surface area contributed by atoms with Gasteiger partial charge in [-0.2, -0.15) is 0 Å². The minimum atomic E-state index is -4.02. The first-order valence-corrected chi connectivity index (χ1v) is 14.9. The molecule has 2 atom stereocenters. The van der Waals surface area contributed by atoms with Crippen molar-refractivity contribution < 1.29 is 22.3 Å². The molecule has 0 saturated heterocycles. The number of benzene rings is 3. The van der Waals surface area contributed by atoms with E-state index < -0.39 is 39.6 Å². The number of allylic oxidation sites excluding steroid dienone is 1. The molecule has 0 saturated carbocycles. The Morgan fingerprint density at radius 2 is 1.82 bits per heavy atom. The Kier molecular flexibility index (Phi) is 8.33. The Bertz CT molecular complexity index is 1560. The molecular formula is C31H34ClFN2O4S. The monoisotopic (exact) mass is 584 g/mol. The maximum Gasteiger partial charge on any atom is 0.407 e. The molecule has 0 spiro atoms. The highest BCUT2D eigenvalue weighted by atomic mass is 35.5. The lowest BCUT2D eigenvalue weighted by molar-refractivity contribution is 0.0497.